The highest BCUT2D eigenvalue weighted by Crippen LogP contribution is 2.33. The number of fused-ring (bicyclic) bond motifs is 2. The van der Waals surface area contributed by atoms with Crippen molar-refractivity contribution in [3.63, 3.8) is 0 Å². The number of anilines is 1. The Bertz CT molecular complexity index is 1700. The number of aromatic nitrogens is 2. The smallest absolute Gasteiger partial charge is 0.273 e. The third kappa shape index (κ3) is 4.15. The van der Waals surface area contributed by atoms with Gasteiger partial charge in [0.25, 0.3) is 5.91 Å². The summed E-state index contributed by atoms with van der Waals surface area (Å²) in [6.45, 7) is 1.12. The van der Waals surface area contributed by atoms with Crippen molar-refractivity contribution in [1.82, 2.24) is 24.5 Å². The van der Waals surface area contributed by atoms with E-state index in [1.165, 1.54) is 10.4 Å². The number of carbonyl (C=O) groups excluding carboxylic acids is 2. The lowest BCUT2D eigenvalue weighted by molar-refractivity contribution is -0.122. The molecule has 192 valence electrons. The molecule has 0 bridgehead atoms. The molecule has 3 aromatic carbocycles. The van der Waals surface area contributed by atoms with Gasteiger partial charge < -0.3 is 16.0 Å². The SMILES string of the molecule is Nc1nc(C(=O)N2Cc3ccccc3C2)c2cc(-c3ccccc3S(=O)(=O)N3CCNC(=O)C3)ccc2n1. The first-order valence-electron chi connectivity index (χ1n) is 12.1. The molecule has 1 fully saturated rings. The summed E-state index contributed by atoms with van der Waals surface area (Å²) in [4.78, 5) is 35.9. The molecule has 0 unspecified atom stereocenters. The molecule has 0 radical (unpaired) electrons. The first kappa shape index (κ1) is 24.0. The molecule has 0 aliphatic carbocycles. The van der Waals surface area contributed by atoms with E-state index in [-0.39, 0.29) is 48.0 Å². The van der Waals surface area contributed by atoms with Gasteiger partial charge in [0.05, 0.1) is 17.0 Å². The average molecular weight is 529 g/mol. The molecular formula is C27H24N6O4S. The van der Waals surface area contributed by atoms with E-state index in [0.717, 1.165) is 11.1 Å². The molecule has 2 amide bonds. The van der Waals surface area contributed by atoms with Crippen LogP contribution in [0.3, 0.4) is 0 Å². The molecule has 1 saturated heterocycles. The summed E-state index contributed by atoms with van der Waals surface area (Å²) in [7, 11) is -3.96. The number of hydrogen-bond acceptors (Lipinski definition) is 7. The second kappa shape index (κ2) is 9.19. The van der Waals surface area contributed by atoms with Crippen LogP contribution in [-0.4, -0.2) is 59.0 Å². The lowest BCUT2D eigenvalue weighted by Gasteiger charge is -2.26. The number of nitrogens with zero attached hydrogens (tertiary/aromatic N) is 4. The summed E-state index contributed by atoms with van der Waals surface area (Å²) in [5, 5.41) is 3.12. The molecule has 2 aliphatic rings. The van der Waals surface area contributed by atoms with E-state index in [1.54, 1.807) is 41.3 Å². The zero-order valence-corrected chi connectivity index (χ0v) is 21.1. The van der Waals surface area contributed by atoms with E-state index in [0.29, 0.717) is 35.1 Å². The van der Waals surface area contributed by atoms with Crippen LogP contribution in [0.2, 0.25) is 0 Å². The normalized spacial score (nSPS) is 15.9. The van der Waals surface area contributed by atoms with Crippen LogP contribution in [0.1, 0.15) is 21.6 Å². The van der Waals surface area contributed by atoms with Gasteiger partial charge in [-0.15, -0.1) is 0 Å². The van der Waals surface area contributed by atoms with Crippen molar-refractivity contribution >= 4 is 38.7 Å². The van der Waals surface area contributed by atoms with Crippen LogP contribution in [0.15, 0.2) is 71.6 Å². The van der Waals surface area contributed by atoms with Gasteiger partial charge in [0.1, 0.15) is 5.69 Å². The summed E-state index contributed by atoms with van der Waals surface area (Å²) in [5.74, 6) is -0.640. The monoisotopic (exact) mass is 528 g/mol. The van der Waals surface area contributed by atoms with E-state index in [2.05, 4.69) is 15.3 Å². The van der Waals surface area contributed by atoms with Crippen LogP contribution < -0.4 is 11.1 Å². The summed E-state index contributed by atoms with van der Waals surface area (Å²) in [6.07, 6.45) is 0. The number of piperazine rings is 1. The maximum absolute atomic E-state index is 13.6. The van der Waals surface area contributed by atoms with E-state index >= 15 is 0 Å². The van der Waals surface area contributed by atoms with Crippen molar-refractivity contribution in [2.45, 2.75) is 18.0 Å². The Kier molecular flexibility index (Phi) is 5.81. The molecular weight excluding hydrogens is 504 g/mol. The molecule has 38 heavy (non-hydrogen) atoms. The first-order chi connectivity index (χ1) is 18.3. The zero-order chi connectivity index (χ0) is 26.4. The maximum atomic E-state index is 13.6. The van der Waals surface area contributed by atoms with Gasteiger partial charge in [-0.05, 0) is 34.9 Å². The minimum atomic E-state index is -3.96. The number of nitrogens with two attached hydrogens (primary N) is 1. The van der Waals surface area contributed by atoms with Crippen LogP contribution in [0.25, 0.3) is 22.0 Å². The predicted molar refractivity (Wildman–Crippen MR) is 141 cm³/mol. The van der Waals surface area contributed by atoms with E-state index < -0.39 is 10.0 Å². The fourth-order valence-corrected chi connectivity index (χ4v) is 6.60. The number of sulfonamides is 1. The quantitative estimate of drug-likeness (QED) is 0.414. The molecule has 4 aromatic rings. The largest absolute Gasteiger partial charge is 0.368 e. The minimum Gasteiger partial charge on any atom is -0.368 e. The molecule has 3 heterocycles. The number of benzene rings is 3. The number of nitrogens with one attached hydrogen (secondary N) is 1. The topological polar surface area (TPSA) is 139 Å². The van der Waals surface area contributed by atoms with Crippen LogP contribution in [0.5, 0.6) is 0 Å². The number of amides is 2. The van der Waals surface area contributed by atoms with E-state index in [1.807, 2.05) is 24.3 Å². The Labute approximate surface area is 219 Å². The predicted octanol–water partition coefficient (Wildman–Crippen LogP) is 2.16. The number of rotatable bonds is 4. The van der Waals surface area contributed by atoms with Crippen molar-refractivity contribution in [3.8, 4) is 11.1 Å². The van der Waals surface area contributed by atoms with Gasteiger partial charge in [0.2, 0.25) is 21.9 Å². The molecule has 3 N–H and O–H groups in total. The number of hydrogen-bond donors (Lipinski definition) is 2. The molecule has 11 heteroatoms. The van der Waals surface area contributed by atoms with Gasteiger partial charge in [-0.3, -0.25) is 9.59 Å². The van der Waals surface area contributed by atoms with Crippen LogP contribution in [-0.2, 0) is 27.9 Å². The molecule has 0 atom stereocenters. The highest BCUT2D eigenvalue weighted by molar-refractivity contribution is 7.89. The third-order valence-electron chi connectivity index (χ3n) is 6.86. The third-order valence-corrected chi connectivity index (χ3v) is 8.77. The average Bonchev–Trinajstić information content (AvgIpc) is 3.36. The Hall–Kier alpha value is -4.35. The fourth-order valence-electron chi connectivity index (χ4n) is 4.99. The van der Waals surface area contributed by atoms with Crippen molar-refractivity contribution in [3.05, 3.63) is 83.6 Å². The Balaban J connectivity index is 1.43. The Morgan fingerprint density at radius 2 is 1.63 bits per heavy atom. The number of carbonyl (C=O) groups is 2. The molecule has 6 rings (SSSR count). The van der Waals surface area contributed by atoms with Gasteiger partial charge >= 0.3 is 0 Å². The lowest BCUT2D eigenvalue weighted by Crippen LogP contribution is -2.49. The first-order valence-corrected chi connectivity index (χ1v) is 13.5. The summed E-state index contributed by atoms with van der Waals surface area (Å²) >= 11 is 0. The van der Waals surface area contributed by atoms with Crippen LogP contribution >= 0.6 is 0 Å². The van der Waals surface area contributed by atoms with Gasteiger partial charge in [0, 0.05) is 37.1 Å². The van der Waals surface area contributed by atoms with Crippen molar-refractivity contribution < 1.29 is 18.0 Å². The molecule has 1 aromatic heterocycles. The van der Waals surface area contributed by atoms with Gasteiger partial charge in [0.15, 0.2) is 0 Å². The molecule has 0 spiro atoms. The van der Waals surface area contributed by atoms with E-state index in [9.17, 15) is 18.0 Å². The lowest BCUT2D eigenvalue weighted by atomic mass is 10.0. The van der Waals surface area contributed by atoms with Gasteiger partial charge in [-0.1, -0.05) is 48.5 Å². The summed E-state index contributed by atoms with van der Waals surface area (Å²) in [5.41, 5.74) is 9.79. The zero-order valence-electron chi connectivity index (χ0n) is 20.3. The van der Waals surface area contributed by atoms with E-state index in [4.69, 9.17) is 5.73 Å². The molecule has 10 nitrogen and oxygen atoms in total. The van der Waals surface area contributed by atoms with Crippen molar-refractivity contribution in [2.75, 3.05) is 25.4 Å². The highest BCUT2D eigenvalue weighted by atomic mass is 32.2. The van der Waals surface area contributed by atoms with Gasteiger partial charge in [-0.25, -0.2) is 18.4 Å². The molecule has 2 aliphatic heterocycles. The second-order valence-corrected chi connectivity index (χ2v) is 11.2. The highest BCUT2D eigenvalue weighted by Gasteiger charge is 2.31. The maximum Gasteiger partial charge on any atom is 0.273 e. The van der Waals surface area contributed by atoms with Crippen LogP contribution in [0.4, 0.5) is 5.95 Å². The summed E-state index contributed by atoms with van der Waals surface area (Å²) < 4.78 is 28.2. The Morgan fingerprint density at radius 3 is 2.37 bits per heavy atom. The standard InChI is InChI=1S/C27H24N6O4S/c28-27-30-22-10-9-17(20-7-3-4-8-23(20)38(36,37)33-12-11-29-24(34)16-33)13-21(22)25(31-27)26(35)32-14-18-5-1-2-6-19(18)15-32/h1-10,13H,11-12,14-16H2,(H,29,34)(H2,28,30,31). The molecule has 0 saturated carbocycles. The number of nitrogen functional groups attached to an aromatic ring is 1. The van der Waals surface area contributed by atoms with Gasteiger partial charge in [-0.2, -0.15) is 4.31 Å². The Morgan fingerprint density at radius 1 is 0.921 bits per heavy atom. The second-order valence-electron chi connectivity index (χ2n) is 9.28. The van der Waals surface area contributed by atoms with Crippen LogP contribution in [0, 0.1) is 0 Å². The summed E-state index contributed by atoms with van der Waals surface area (Å²) in [6, 6.07) is 19.7. The van der Waals surface area contributed by atoms with Crippen molar-refractivity contribution in [1.29, 1.82) is 0 Å². The minimum absolute atomic E-state index is 0.0170. The van der Waals surface area contributed by atoms with Crippen molar-refractivity contribution in [2.24, 2.45) is 0 Å². The fraction of sp³-hybridized carbons (Fsp3) is 0.185.